The summed E-state index contributed by atoms with van der Waals surface area (Å²) in [6.07, 6.45) is 61.9. The molecule has 506 valence electrons. The van der Waals surface area contributed by atoms with Gasteiger partial charge in [-0.2, -0.15) is 0 Å². The van der Waals surface area contributed by atoms with E-state index in [1.54, 1.807) is 0 Å². The second kappa shape index (κ2) is 51.3. The molecule has 0 aliphatic heterocycles. The molecule has 92 heavy (non-hydrogen) atoms. The van der Waals surface area contributed by atoms with Crippen molar-refractivity contribution in [2.24, 2.45) is 0 Å². The van der Waals surface area contributed by atoms with E-state index in [2.05, 4.69) is 187 Å². The van der Waals surface area contributed by atoms with Gasteiger partial charge in [-0.15, -0.1) is 0 Å². The van der Waals surface area contributed by atoms with E-state index in [9.17, 15) is 0 Å². The van der Waals surface area contributed by atoms with Crippen LogP contribution in [0.3, 0.4) is 0 Å². The molecule has 6 nitrogen and oxygen atoms in total. The van der Waals surface area contributed by atoms with Crippen LogP contribution in [0.2, 0.25) is 0 Å². The summed E-state index contributed by atoms with van der Waals surface area (Å²) in [5.74, 6) is 5.37. The smallest absolute Gasteiger partial charge is 0.127 e. The van der Waals surface area contributed by atoms with Crippen LogP contribution in [0.25, 0.3) is 48.6 Å². The summed E-state index contributed by atoms with van der Waals surface area (Å²) in [6.45, 7) is 17.9. The summed E-state index contributed by atoms with van der Waals surface area (Å²) < 4.78 is 39.0. The largest absolute Gasteiger partial charge is 0.494 e. The Labute approximate surface area is 562 Å². The van der Waals surface area contributed by atoms with E-state index in [0.717, 1.165) is 144 Å². The molecule has 0 unspecified atom stereocenters. The summed E-state index contributed by atoms with van der Waals surface area (Å²) in [5.41, 5.74) is 8.61. The number of unbranched alkanes of at least 4 members (excludes halogenated alkanes) is 30. The van der Waals surface area contributed by atoms with Gasteiger partial charge in [0.1, 0.15) is 34.5 Å². The zero-order chi connectivity index (χ0) is 65.0. The standard InChI is InChI=1S/C86H126O6/c1-7-13-19-25-31-37-63-87-81-59-61-83(89-65-39-33-27-21-15-9-3)77(69-81)55-51-73-43-47-75(48-44-73)53-57-79-71-86(92-68-42-36-30-24-18-12-6)80(72-85(79)91-67-41-35-29-23-17-11-5)58-54-76-49-45-74(46-50-76)52-56-78-70-82(88-64-38-32-26-20-14-8-2)60-62-84(78)90-66-40-34-28-22-16-10-4/h43-62,69-72H,7-42,63-68H2,1-6H3/b55-51-,56-52-,57-53+,58-54+. The summed E-state index contributed by atoms with van der Waals surface area (Å²) >= 11 is 0. The second-order valence-electron chi connectivity index (χ2n) is 25.7. The third kappa shape index (κ3) is 34.1. The third-order valence-corrected chi connectivity index (χ3v) is 17.4. The van der Waals surface area contributed by atoms with Crippen molar-refractivity contribution in [3.05, 3.63) is 142 Å². The average molecular weight is 1260 g/mol. The minimum Gasteiger partial charge on any atom is -0.494 e. The first kappa shape index (κ1) is 76.6. The lowest BCUT2D eigenvalue weighted by atomic mass is 10.0. The molecule has 0 fully saturated rings. The zero-order valence-electron chi connectivity index (χ0n) is 59.0. The summed E-state index contributed by atoms with van der Waals surface area (Å²) in [6, 6.07) is 34.6. The van der Waals surface area contributed by atoms with Gasteiger partial charge >= 0.3 is 0 Å². The predicted octanol–water partition coefficient (Wildman–Crippen LogP) is 26.8. The fourth-order valence-corrected chi connectivity index (χ4v) is 11.4. The highest BCUT2D eigenvalue weighted by Gasteiger charge is 2.13. The maximum Gasteiger partial charge on any atom is 0.127 e. The maximum absolute atomic E-state index is 6.75. The Hall–Kier alpha value is -6.14. The molecular weight excluding hydrogens is 1130 g/mol. The second-order valence-corrected chi connectivity index (χ2v) is 25.7. The molecule has 5 rings (SSSR count). The molecule has 0 saturated carbocycles. The van der Waals surface area contributed by atoms with Crippen LogP contribution in [-0.4, -0.2) is 39.6 Å². The molecular formula is C86H126O6. The van der Waals surface area contributed by atoms with Gasteiger partial charge in [0.2, 0.25) is 0 Å². The van der Waals surface area contributed by atoms with E-state index in [-0.39, 0.29) is 0 Å². The van der Waals surface area contributed by atoms with Gasteiger partial charge in [-0.3, -0.25) is 0 Å². The zero-order valence-corrected chi connectivity index (χ0v) is 59.0. The fourth-order valence-electron chi connectivity index (χ4n) is 11.4. The Morgan fingerprint density at radius 1 is 0.196 bits per heavy atom. The van der Waals surface area contributed by atoms with Crippen molar-refractivity contribution >= 4 is 48.6 Å². The monoisotopic (exact) mass is 1250 g/mol. The van der Waals surface area contributed by atoms with E-state index in [1.807, 2.05) is 0 Å². The molecule has 0 heterocycles. The molecule has 0 aliphatic carbocycles. The predicted molar refractivity (Wildman–Crippen MR) is 401 cm³/mol. The highest BCUT2D eigenvalue weighted by Crippen LogP contribution is 2.34. The van der Waals surface area contributed by atoms with Crippen LogP contribution in [0.5, 0.6) is 34.5 Å². The lowest BCUT2D eigenvalue weighted by Crippen LogP contribution is -2.03. The van der Waals surface area contributed by atoms with Crippen LogP contribution >= 0.6 is 0 Å². The van der Waals surface area contributed by atoms with E-state index in [0.29, 0.717) is 13.2 Å². The van der Waals surface area contributed by atoms with Gasteiger partial charge in [0, 0.05) is 22.3 Å². The molecule has 0 bridgehead atoms. The van der Waals surface area contributed by atoms with Gasteiger partial charge in [0.25, 0.3) is 0 Å². The Kier molecular flexibility index (Phi) is 42.7. The summed E-state index contributed by atoms with van der Waals surface area (Å²) in [7, 11) is 0. The average Bonchev–Trinajstić information content (AvgIpc) is 0.963. The van der Waals surface area contributed by atoms with Crippen molar-refractivity contribution < 1.29 is 28.4 Å². The Morgan fingerprint density at radius 2 is 0.402 bits per heavy atom. The third-order valence-electron chi connectivity index (χ3n) is 17.4. The highest BCUT2D eigenvalue weighted by atomic mass is 16.5. The van der Waals surface area contributed by atoms with Gasteiger partial charge in [0.15, 0.2) is 0 Å². The number of ether oxygens (including phenoxy) is 6. The fraction of sp³-hybridized carbons (Fsp3) is 0.558. The van der Waals surface area contributed by atoms with Crippen molar-refractivity contribution in [1.82, 2.24) is 0 Å². The lowest BCUT2D eigenvalue weighted by Gasteiger charge is -2.16. The summed E-state index contributed by atoms with van der Waals surface area (Å²) in [5, 5.41) is 0. The van der Waals surface area contributed by atoms with E-state index >= 15 is 0 Å². The van der Waals surface area contributed by atoms with Crippen LogP contribution in [0, 0.1) is 0 Å². The number of hydrogen-bond donors (Lipinski definition) is 0. The van der Waals surface area contributed by atoms with E-state index in [4.69, 9.17) is 28.4 Å². The molecule has 6 heteroatoms. The van der Waals surface area contributed by atoms with E-state index < -0.39 is 0 Å². The summed E-state index contributed by atoms with van der Waals surface area (Å²) in [4.78, 5) is 0. The van der Waals surface area contributed by atoms with Crippen molar-refractivity contribution in [2.45, 2.75) is 273 Å². The normalized spacial score (nSPS) is 11.7. The first-order valence-electron chi connectivity index (χ1n) is 37.6. The molecule has 0 radical (unpaired) electrons. The SMILES string of the molecule is CCCCCCCCOc1ccc(OCCCCCCCC)c(/C=C\c2ccc(/C=C/c3cc(OCCCCCCCC)c(/C=C/c4ccc(/C=C\c5cc(OCCCCCCCC)ccc5OCCCCCCCC)cc4)cc3OCCCCCCCC)cc2)c1. The van der Waals surface area contributed by atoms with Crippen LogP contribution in [-0.2, 0) is 0 Å². The van der Waals surface area contributed by atoms with Gasteiger partial charge in [-0.05, 0) is 109 Å². The molecule has 0 N–H and O–H groups in total. The van der Waals surface area contributed by atoms with Gasteiger partial charge < -0.3 is 28.4 Å². The van der Waals surface area contributed by atoms with Crippen molar-refractivity contribution in [3.8, 4) is 34.5 Å². The van der Waals surface area contributed by atoms with Gasteiger partial charge in [-0.1, -0.05) is 331 Å². The first-order valence-corrected chi connectivity index (χ1v) is 37.6. The van der Waals surface area contributed by atoms with Crippen LogP contribution in [0.4, 0.5) is 0 Å². The van der Waals surface area contributed by atoms with Crippen LogP contribution in [0.1, 0.15) is 317 Å². The van der Waals surface area contributed by atoms with Crippen molar-refractivity contribution in [3.63, 3.8) is 0 Å². The Balaban J connectivity index is 1.36. The highest BCUT2D eigenvalue weighted by molar-refractivity contribution is 5.80. The van der Waals surface area contributed by atoms with Crippen LogP contribution < -0.4 is 28.4 Å². The topological polar surface area (TPSA) is 55.4 Å². The Morgan fingerprint density at radius 3 is 0.652 bits per heavy atom. The Bertz CT molecular complexity index is 2560. The molecule has 0 amide bonds. The molecule has 5 aromatic carbocycles. The molecule has 0 aromatic heterocycles. The molecule has 0 spiro atoms. The molecule has 0 aliphatic rings. The maximum atomic E-state index is 6.75. The first-order chi connectivity index (χ1) is 45.5. The quantitative estimate of drug-likeness (QED) is 0.0286. The minimum atomic E-state index is 0.674. The van der Waals surface area contributed by atoms with Gasteiger partial charge in [0.05, 0.1) is 39.6 Å². The molecule has 0 saturated heterocycles. The number of benzene rings is 5. The lowest BCUT2D eigenvalue weighted by molar-refractivity contribution is 0.295. The number of hydrogen-bond acceptors (Lipinski definition) is 6. The molecule has 0 atom stereocenters. The van der Waals surface area contributed by atoms with Crippen molar-refractivity contribution in [2.75, 3.05) is 39.6 Å². The van der Waals surface area contributed by atoms with Crippen molar-refractivity contribution in [1.29, 1.82) is 0 Å². The van der Waals surface area contributed by atoms with Gasteiger partial charge in [-0.25, -0.2) is 0 Å². The molecule has 5 aromatic rings. The van der Waals surface area contributed by atoms with E-state index in [1.165, 1.54) is 193 Å². The number of rotatable bonds is 56. The van der Waals surface area contributed by atoms with Crippen LogP contribution in [0.15, 0.2) is 97.1 Å². The minimum absolute atomic E-state index is 0.674.